The molecule has 13 heavy (non-hydrogen) atoms. The standard InChI is InChI=1S/C11H25NO/c1-10(6-5-9-13)12-8-7-11(2,3)4/h10,12-13H,5-9H2,1-4H3. The smallest absolute Gasteiger partial charge is 0.0431 e. The summed E-state index contributed by atoms with van der Waals surface area (Å²) in [5, 5.41) is 12.1. The van der Waals surface area contributed by atoms with Crippen molar-refractivity contribution in [2.75, 3.05) is 13.2 Å². The van der Waals surface area contributed by atoms with E-state index in [1.807, 2.05) is 0 Å². The summed E-state index contributed by atoms with van der Waals surface area (Å²) in [4.78, 5) is 0. The maximum absolute atomic E-state index is 8.64. The first-order chi connectivity index (χ1) is 5.95. The molecule has 0 fully saturated rings. The molecule has 0 saturated carbocycles. The van der Waals surface area contributed by atoms with Crippen molar-refractivity contribution in [1.82, 2.24) is 5.32 Å². The quantitative estimate of drug-likeness (QED) is 0.668. The van der Waals surface area contributed by atoms with Gasteiger partial charge in [-0.1, -0.05) is 20.8 Å². The summed E-state index contributed by atoms with van der Waals surface area (Å²) >= 11 is 0. The molecule has 0 spiro atoms. The molecule has 0 bridgehead atoms. The fourth-order valence-electron chi connectivity index (χ4n) is 1.19. The Kier molecular flexibility index (Phi) is 6.35. The predicted molar refractivity (Wildman–Crippen MR) is 57.9 cm³/mol. The number of rotatable bonds is 6. The van der Waals surface area contributed by atoms with Gasteiger partial charge in [-0.3, -0.25) is 0 Å². The molecule has 0 aromatic carbocycles. The number of aliphatic hydroxyl groups excluding tert-OH is 1. The van der Waals surface area contributed by atoms with Gasteiger partial charge in [0.2, 0.25) is 0 Å². The lowest BCUT2D eigenvalue weighted by Gasteiger charge is -2.20. The van der Waals surface area contributed by atoms with E-state index in [2.05, 4.69) is 33.0 Å². The van der Waals surface area contributed by atoms with E-state index in [9.17, 15) is 0 Å². The lowest BCUT2D eigenvalue weighted by atomic mass is 9.92. The van der Waals surface area contributed by atoms with Gasteiger partial charge >= 0.3 is 0 Å². The summed E-state index contributed by atoms with van der Waals surface area (Å²) in [5.74, 6) is 0. The lowest BCUT2D eigenvalue weighted by Crippen LogP contribution is -2.29. The van der Waals surface area contributed by atoms with Crippen molar-refractivity contribution in [2.24, 2.45) is 5.41 Å². The van der Waals surface area contributed by atoms with Gasteiger partial charge in [0.05, 0.1) is 0 Å². The Morgan fingerprint density at radius 1 is 1.31 bits per heavy atom. The molecule has 0 radical (unpaired) electrons. The minimum Gasteiger partial charge on any atom is -0.396 e. The highest BCUT2D eigenvalue weighted by atomic mass is 16.2. The van der Waals surface area contributed by atoms with Crippen LogP contribution in [0.15, 0.2) is 0 Å². The summed E-state index contributed by atoms with van der Waals surface area (Å²) in [5.41, 5.74) is 0.420. The number of hydrogen-bond donors (Lipinski definition) is 2. The van der Waals surface area contributed by atoms with E-state index < -0.39 is 0 Å². The highest BCUT2D eigenvalue weighted by Crippen LogP contribution is 2.17. The Labute approximate surface area is 82.7 Å². The number of nitrogens with one attached hydrogen (secondary N) is 1. The van der Waals surface area contributed by atoms with E-state index in [1.165, 1.54) is 6.42 Å². The second kappa shape index (κ2) is 6.39. The minimum absolute atomic E-state index is 0.311. The third-order valence-corrected chi connectivity index (χ3v) is 2.16. The molecule has 80 valence electrons. The summed E-state index contributed by atoms with van der Waals surface area (Å²) < 4.78 is 0. The van der Waals surface area contributed by atoms with E-state index in [1.54, 1.807) is 0 Å². The number of hydrogen-bond acceptors (Lipinski definition) is 2. The zero-order valence-electron chi connectivity index (χ0n) is 9.56. The Hall–Kier alpha value is -0.0800. The maximum atomic E-state index is 8.64. The van der Waals surface area contributed by atoms with Crippen LogP contribution in [0.1, 0.15) is 47.0 Å². The zero-order chi connectivity index (χ0) is 10.3. The molecule has 0 aliphatic carbocycles. The second-order valence-electron chi connectivity index (χ2n) is 5.03. The summed E-state index contributed by atoms with van der Waals surface area (Å²) in [6.45, 7) is 10.3. The van der Waals surface area contributed by atoms with Gasteiger partial charge in [-0.05, 0) is 38.1 Å². The SMILES string of the molecule is CC(CCCO)NCCC(C)(C)C. The minimum atomic E-state index is 0.311. The molecule has 1 unspecified atom stereocenters. The van der Waals surface area contributed by atoms with Gasteiger partial charge in [0.15, 0.2) is 0 Å². The van der Waals surface area contributed by atoms with Crippen LogP contribution in [0, 0.1) is 5.41 Å². The van der Waals surface area contributed by atoms with E-state index in [0.29, 0.717) is 18.1 Å². The lowest BCUT2D eigenvalue weighted by molar-refractivity contribution is 0.274. The highest BCUT2D eigenvalue weighted by molar-refractivity contribution is 4.66. The predicted octanol–water partition coefficient (Wildman–Crippen LogP) is 2.17. The van der Waals surface area contributed by atoms with Gasteiger partial charge in [0.1, 0.15) is 0 Å². The normalized spacial score (nSPS) is 14.5. The first-order valence-corrected chi connectivity index (χ1v) is 5.30. The molecule has 0 aliphatic heterocycles. The molecule has 1 atom stereocenters. The molecule has 2 N–H and O–H groups in total. The van der Waals surface area contributed by atoms with Crippen molar-refractivity contribution in [1.29, 1.82) is 0 Å². The third kappa shape index (κ3) is 9.84. The van der Waals surface area contributed by atoms with Crippen LogP contribution in [0.5, 0.6) is 0 Å². The van der Waals surface area contributed by atoms with Crippen molar-refractivity contribution in [3.05, 3.63) is 0 Å². The van der Waals surface area contributed by atoms with Gasteiger partial charge in [-0.15, -0.1) is 0 Å². The van der Waals surface area contributed by atoms with Gasteiger partial charge < -0.3 is 10.4 Å². The summed E-state index contributed by atoms with van der Waals surface area (Å²) in [7, 11) is 0. The molecule has 2 nitrogen and oxygen atoms in total. The molecule has 0 aliphatic rings. The van der Waals surface area contributed by atoms with Crippen molar-refractivity contribution in [3.63, 3.8) is 0 Å². The highest BCUT2D eigenvalue weighted by Gasteiger charge is 2.09. The second-order valence-corrected chi connectivity index (χ2v) is 5.03. The molecule has 0 heterocycles. The fourth-order valence-corrected chi connectivity index (χ4v) is 1.19. The van der Waals surface area contributed by atoms with Crippen LogP contribution in [0.25, 0.3) is 0 Å². The van der Waals surface area contributed by atoms with Crippen LogP contribution in [-0.2, 0) is 0 Å². The zero-order valence-corrected chi connectivity index (χ0v) is 9.56. The average Bonchev–Trinajstić information content (AvgIpc) is 1.98. The van der Waals surface area contributed by atoms with Gasteiger partial charge in [0, 0.05) is 12.6 Å². The Balaban J connectivity index is 3.31. The molecular weight excluding hydrogens is 162 g/mol. The molecule has 0 saturated heterocycles. The molecule has 0 aromatic heterocycles. The van der Waals surface area contributed by atoms with Crippen LogP contribution in [0.2, 0.25) is 0 Å². The summed E-state index contributed by atoms with van der Waals surface area (Å²) in [6.07, 6.45) is 3.18. The van der Waals surface area contributed by atoms with Crippen molar-refractivity contribution in [2.45, 2.75) is 53.0 Å². The monoisotopic (exact) mass is 187 g/mol. The Morgan fingerprint density at radius 3 is 2.38 bits per heavy atom. The summed E-state index contributed by atoms with van der Waals surface area (Å²) in [6, 6.07) is 0.537. The Morgan fingerprint density at radius 2 is 1.92 bits per heavy atom. The van der Waals surface area contributed by atoms with Crippen LogP contribution < -0.4 is 5.32 Å². The van der Waals surface area contributed by atoms with Crippen molar-refractivity contribution >= 4 is 0 Å². The largest absolute Gasteiger partial charge is 0.396 e. The van der Waals surface area contributed by atoms with Crippen LogP contribution in [-0.4, -0.2) is 24.3 Å². The maximum Gasteiger partial charge on any atom is 0.0431 e. The van der Waals surface area contributed by atoms with Gasteiger partial charge in [-0.2, -0.15) is 0 Å². The van der Waals surface area contributed by atoms with Gasteiger partial charge in [0.25, 0.3) is 0 Å². The van der Waals surface area contributed by atoms with E-state index >= 15 is 0 Å². The number of aliphatic hydroxyl groups is 1. The first-order valence-electron chi connectivity index (χ1n) is 5.30. The third-order valence-electron chi connectivity index (χ3n) is 2.16. The fraction of sp³-hybridized carbons (Fsp3) is 1.00. The molecular formula is C11H25NO. The first kappa shape index (κ1) is 12.9. The van der Waals surface area contributed by atoms with E-state index in [4.69, 9.17) is 5.11 Å². The average molecular weight is 187 g/mol. The van der Waals surface area contributed by atoms with Crippen LogP contribution in [0.3, 0.4) is 0 Å². The molecule has 0 amide bonds. The van der Waals surface area contributed by atoms with Crippen LogP contribution >= 0.6 is 0 Å². The van der Waals surface area contributed by atoms with E-state index in [0.717, 1.165) is 19.4 Å². The topological polar surface area (TPSA) is 32.3 Å². The molecule has 0 aromatic rings. The van der Waals surface area contributed by atoms with E-state index in [-0.39, 0.29) is 0 Å². The molecule has 2 heteroatoms. The Bertz CT molecular complexity index is 118. The van der Waals surface area contributed by atoms with Gasteiger partial charge in [-0.25, -0.2) is 0 Å². The molecule has 0 rings (SSSR count). The van der Waals surface area contributed by atoms with Crippen molar-refractivity contribution in [3.8, 4) is 0 Å². The van der Waals surface area contributed by atoms with Crippen LogP contribution in [0.4, 0.5) is 0 Å². The van der Waals surface area contributed by atoms with Crippen molar-refractivity contribution < 1.29 is 5.11 Å².